The van der Waals surface area contributed by atoms with E-state index in [2.05, 4.69) is 51.7 Å². The highest BCUT2D eigenvalue weighted by Crippen LogP contribution is 2.28. The lowest BCUT2D eigenvalue weighted by Crippen LogP contribution is -2.44. The van der Waals surface area contributed by atoms with Crippen molar-refractivity contribution in [2.45, 2.75) is 65.5 Å². The lowest BCUT2D eigenvalue weighted by Gasteiger charge is -2.36. The van der Waals surface area contributed by atoms with Crippen LogP contribution >= 0.6 is 0 Å². The molecule has 1 aliphatic heterocycles. The molecule has 1 aliphatic rings. The molecule has 0 saturated carbocycles. The van der Waals surface area contributed by atoms with Crippen LogP contribution in [0, 0.1) is 13.8 Å². The number of nitrogens with zero attached hydrogens (tertiary/aromatic N) is 2. The van der Waals surface area contributed by atoms with Gasteiger partial charge in [0.1, 0.15) is 0 Å². The highest BCUT2D eigenvalue weighted by atomic mass is 16.4. The Hall–Kier alpha value is -1.39. The molecule has 1 aromatic carbocycles. The van der Waals surface area contributed by atoms with E-state index in [-0.39, 0.29) is 12.0 Å². The molecule has 0 bridgehead atoms. The van der Waals surface area contributed by atoms with E-state index in [1.54, 1.807) is 0 Å². The summed E-state index contributed by atoms with van der Waals surface area (Å²) in [5.41, 5.74) is 5.80. The van der Waals surface area contributed by atoms with E-state index in [1.807, 2.05) is 11.9 Å². The quantitative estimate of drug-likeness (QED) is 0.885. The predicted molar refractivity (Wildman–Crippen MR) is 103 cm³/mol. The average molecular weight is 347 g/mol. The standard InChI is InChI=1S/C21H34N2O2/c1-15-11-17(21(3,4)5)12-16(2)19(15)13-23-9-7-18(8-10-23)22(6)14-20(24)25/h11-12,18H,7-10,13-14H2,1-6H3,(H,24,25). The Morgan fingerprint density at radius 2 is 1.72 bits per heavy atom. The molecule has 0 unspecified atom stereocenters. The summed E-state index contributed by atoms with van der Waals surface area (Å²) in [4.78, 5) is 15.4. The van der Waals surface area contributed by atoms with E-state index in [0.29, 0.717) is 6.04 Å². The van der Waals surface area contributed by atoms with Gasteiger partial charge in [-0.25, -0.2) is 0 Å². The lowest BCUT2D eigenvalue weighted by atomic mass is 9.83. The highest BCUT2D eigenvalue weighted by Gasteiger charge is 2.24. The third-order valence-corrected chi connectivity index (χ3v) is 5.51. The summed E-state index contributed by atoms with van der Waals surface area (Å²) in [6.45, 7) is 14.4. The van der Waals surface area contributed by atoms with Gasteiger partial charge in [0.2, 0.25) is 0 Å². The molecule has 0 aromatic heterocycles. The molecule has 1 fully saturated rings. The van der Waals surface area contributed by atoms with Gasteiger partial charge in [-0.3, -0.25) is 14.6 Å². The average Bonchev–Trinajstić information content (AvgIpc) is 2.49. The molecule has 4 nitrogen and oxygen atoms in total. The van der Waals surface area contributed by atoms with Crippen molar-refractivity contribution in [1.29, 1.82) is 0 Å². The van der Waals surface area contributed by atoms with Crippen LogP contribution in [0.4, 0.5) is 0 Å². The predicted octanol–water partition coefficient (Wildman–Crippen LogP) is 3.58. The molecule has 0 amide bonds. The molecule has 25 heavy (non-hydrogen) atoms. The van der Waals surface area contributed by atoms with Crippen LogP contribution in [0.5, 0.6) is 0 Å². The molecule has 0 spiro atoms. The van der Waals surface area contributed by atoms with Crippen LogP contribution in [0.3, 0.4) is 0 Å². The number of hydrogen-bond donors (Lipinski definition) is 1. The van der Waals surface area contributed by atoms with Crippen LogP contribution in [0.1, 0.15) is 55.9 Å². The molecule has 4 heteroatoms. The van der Waals surface area contributed by atoms with Crippen molar-refractivity contribution in [3.8, 4) is 0 Å². The number of carboxylic acids is 1. The van der Waals surface area contributed by atoms with Crippen LogP contribution in [0.25, 0.3) is 0 Å². The number of hydrogen-bond acceptors (Lipinski definition) is 3. The minimum atomic E-state index is -0.741. The second-order valence-electron chi connectivity index (χ2n) is 8.65. The second-order valence-corrected chi connectivity index (χ2v) is 8.65. The van der Waals surface area contributed by atoms with Crippen molar-refractivity contribution in [1.82, 2.24) is 9.80 Å². The number of carbonyl (C=O) groups is 1. The molecule has 1 N–H and O–H groups in total. The summed E-state index contributed by atoms with van der Waals surface area (Å²) < 4.78 is 0. The number of likely N-dealkylation sites (N-methyl/N-ethyl adjacent to an activating group) is 1. The Balaban J connectivity index is 1.99. The largest absolute Gasteiger partial charge is 0.480 e. The molecular weight excluding hydrogens is 312 g/mol. The number of rotatable bonds is 5. The molecule has 1 aromatic rings. The number of carboxylic acid groups (broad SMARTS) is 1. The van der Waals surface area contributed by atoms with Crippen LogP contribution in [-0.4, -0.2) is 53.6 Å². The van der Waals surface area contributed by atoms with Gasteiger partial charge in [-0.15, -0.1) is 0 Å². The fourth-order valence-electron chi connectivity index (χ4n) is 3.76. The van der Waals surface area contributed by atoms with E-state index in [0.717, 1.165) is 32.5 Å². The first-order valence-electron chi connectivity index (χ1n) is 9.33. The number of likely N-dealkylation sites (tertiary alicyclic amines) is 1. The van der Waals surface area contributed by atoms with Gasteiger partial charge in [-0.2, -0.15) is 0 Å². The molecule has 1 heterocycles. The summed E-state index contributed by atoms with van der Waals surface area (Å²) in [7, 11) is 1.92. The zero-order chi connectivity index (χ0) is 18.8. The molecule has 0 aliphatic carbocycles. The van der Waals surface area contributed by atoms with Gasteiger partial charge < -0.3 is 5.11 Å². The maximum Gasteiger partial charge on any atom is 0.317 e. The van der Waals surface area contributed by atoms with Gasteiger partial charge in [-0.05, 0) is 74.5 Å². The van der Waals surface area contributed by atoms with Crippen molar-refractivity contribution in [3.05, 3.63) is 34.4 Å². The Morgan fingerprint density at radius 1 is 1.20 bits per heavy atom. The van der Waals surface area contributed by atoms with Gasteiger partial charge >= 0.3 is 5.97 Å². The van der Waals surface area contributed by atoms with Crippen LogP contribution in [-0.2, 0) is 16.8 Å². The number of aliphatic carboxylic acids is 1. The van der Waals surface area contributed by atoms with E-state index in [9.17, 15) is 4.79 Å². The Labute approximate surface area is 152 Å². The Bertz CT molecular complexity index is 588. The Kier molecular flexibility index (Phi) is 6.28. The molecule has 2 rings (SSSR count). The topological polar surface area (TPSA) is 43.8 Å². The summed E-state index contributed by atoms with van der Waals surface area (Å²) in [6, 6.07) is 5.07. The van der Waals surface area contributed by atoms with Crippen LogP contribution < -0.4 is 0 Å². The highest BCUT2D eigenvalue weighted by molar-refractivity contribution is 5.69. The van der Waals surface area contributed by atoms with Crippen LogP contribution in [0.2, 0.25) is 0 Å². The van der Waals surface area contributed by atoms with Gasteiger partial charge in [0.05, 0.1) is 6.54 Å². The molecule has 140 valence electrons. The normalized spacial score (nSPS) is 17.2. The number of benzene rings is 1. The lowest BCUT2D eigenvalue weighted by molar-refractivity contribution is -0.138. The molecule has 1 saturated heterocycles. The van der Waals surface area contributed by atoms with Gasteiger partial charge in [0.25, 0.3) is 0 Å². The monoisotopic (exact) mass is 346 g/mol. The molecule has 0 radical (unpaired) electrons. The minimum Gasteiger partial charge on any atom is -0.480 e. The summed E-state index contributed by atoms with van der Waals surface area (Å²) in [5.74, 6) is -0.741. The van der Waals surface area contributed by atoms with E-state index >= 15 is 0 Å². The van der Waals surface area contributed by atoms with Crippen molar-refractivity contribution in [2.75, 3.05) is 26.7 Å². The first-order valence-corrected chi connectivity index (χ1v) is 9.33. The third-order valence-electron chi connectivity index (χ3n) is 5.51. The zero-order valence-electron chi connectivity index (χ0n) is 16.7. The van der Waals surface area contributed by atoms with Crippen molar-refractivity contribution in [3.63, 3.8) is 0 Å². The maximum atomic E-state index is 10.9. The smallest absolute Gasteiger partial charge is 0.317 e. The maximum absolute atomic E-state index is 10.9. The summed E-state index contributed by atoms with van der Waals surface area (Å²) >= 11 is 0. The van der Waals surface area contributed by atoms with Crippen molar-refractivity contribution >= 4 is 5.97 Å². The van der Waals surface area contributed by atoms with Crippen molar-refractivity contribution in [2.24, 2.45) is 0 Å². The van der Waals surface area contributed by atoms with Gasteiger partial charge in [0, 0.05) is 12.6 Å². The zero-order valence-corrected chi connectivity index (χ0v) is 16.7. The fraction of sp³-hybridized carbons (Fsp3) is 0.667. The number of aryl methyl sites for hydroxylation is 2. The summed E-state index contributed by atoms with van der Waals surface area (Å²) in [6.07, 6.45) is 2.09. The molecule has 0 atom stereocenters. The Morgan fingerprint density at radius 3 is 2.16 bits per heavy atom. The first kappa shape index (κ1) is 19.9. The van der Waals surface area contributed by atoms with E-state index in [1.165, 1.54) is 22.3 Å². The third kappa shape index (κ3) is 5.29. The first-order chi connectivity index (χ1) is 11.6. The van der Waals surface area contributed by atoms with Gasteiger partial charge in [-0.1, -0.05) is 32.9 Å². The fourth-order valence-corrected chi connectivity index (χ4v) is 3.76. The van der Waals surface area contributed by atoms with E-state index < -0.39 is 5.97 Å². The second kappa shape index (κ2) is 7.88. The SMILES string of the molecule is Cc1cc(C(C)(C)C)cc(C)c1CN1CCC(N(C)CC(=O)O)CC1. The molecular formula is C21H34N2O2. The van der Waals surface area contributed by atoms with Crippen LogP contribution in [0.15, 0.2) is 12.1 Å². The minimum absolute atomic E-state index is 0.136. The van der Waals surface area contributed by atoms with Gasteiger partial charge in [0.15, 0.2) is 0 Å². The van der Waals surface area contributed by atoms with Crippen molar-refractivity contribution < 1.29 is 9.90 Å². The van der Waals surface area contributed by atoms with E-state index in [4.69, 9.17) is 5.11 Å². The number of piperidine rings is 1. The summed E-state index contributed by atoms with van der Waals surface area (Å²) in [5, 5.41) is 8.95.